The number of nitrogens with one attached hydrogen (secondary N) is 2. The number of aliphatic carboxylic acids is 1. The highest BCUT2D eigenvalue weighted by atomic mass is 16.4. The van der Waals surface area contributed by atoms with Gasteiger partial charge in [-0.1, -0.05) is 24.6 Å². The van der Waals surface area contributed by atoms with Crippen molar-refractivity contribution >= 4 is 17.7 Å². The van der Waals surface area contributed by atoms with E-state index in [4.69, 9.17) is 5.11 Å². The van der Waals surface area contributed by atoms with E-state index in [1.165, 1.54) is 5.56 Å². The third-order valence-corrected chi connectivity index (χ3v) is 4.62. The molecule has 1 saturated carbocycles. The van der Waals surface area contributed by atoms with E-state index < -0.39 is 5.97 Å². The molecule has 1 aliphatic rings. The summed E-state index contributed by atoms with van der Waals surface area (Å²) in [6.45, 7) is 8.73. The first kappa shape index (κ1) is 18.3. The summed E-state index contributed by atoms with van der Waals surface area (Å²) in [6, 6.07) is 4.23. The van der Waals surface area contributed by atoms with E-state index in [1.54, 1.807) is 0 Å². The second-order valence-electron chi connectivity index (χ2n) is 6.65. The first-order chi connectivity index (χ1) is 11.3. The molecule has 1 aromatic rings. The summed E-state index contributed by atoms with van der Waals surface area (Å²) in [6.07, 6.45) is 1.58. The van der Waals surface area contributed by atoms with Crippen LogP contribution in [-0.2, 0) is 4.79 Å². The van der Waals surface area contributed by atoms with Gasteiger partial charge in [0, 0.05) is 17.8 Å². The second kappa shape index (κ2) is 7.66. The number of hydrogen-bond donors (Lipinski definition) is 3. The van der Waals surface area contributed by atoms with E-state index in [0.29, 0.717) is 6.54 Å². The average Bonchev–Trinajstić information content (AvgIpc) is 2.44. The maximum Gasteiger partial charge on any atom is 0.319 e. The smallest absolute Gasteiger partial charge is 0.319 e. The summed E-state index contributed by atoms with van der Waals surface area (Å²) in [5, 5.41) is 14.8. The molecule has 0 aromatic heterocycles. The van der Waals surface area contributed by atoms with Crippen LogP contribution in [0.25, 0.3) is 0 Å². The van der Waals surface area contributed by atoms with Crippen molar-refractivity contribution in [2.45, 2.75) is 52.6 Å². The maximum atomic E-state index is 12.2. The molecular weight excluding hydrogens is 306 g/mol. The zero-order valence-electron chi connectivity index (χ0n) is 14.8. The predicted octanol–water partition coefficient (Wildman–Crippen LogP) is 2.67. The van der Waals surface area contributed by atoms with Gasteiger partial charge >= 0.3 is 12.0 Å². The SMILES string of the molecule is CCN(CC(=O)O)C1CC(NC(=O)Nc2c(C)cc(C)cc2C)C1. The van der Waals surface area contributed by atoms with E-state index >= 15 is 0 Å². The normalized spacial score (nSPS) is 19.7. The summed E-state index contributed by atoms with van der Waals surface area (Å²) < 4.78 is 0. The zero-order chi connectivity index (χ0) is 17.9. The second-order valence-corrected chi connectivity index (χ2v) is 6.65. The molecule has 2 rings (SSSR count). The Morgan fingerprint density at radius 1 is 1.21 bits per heavy atom. The lowest BCUT2D eigenvalue weighted by atomic mass is 9.85. The van der Waals surface area contributed by atoms with E-state index in [0.717, 1.165) is 29.7 Å². The van der Waals surface area contributed by atoms with Crippen molar-refractivity contribution in [2.24, 2.45) is 0 Å². The topological polar surface area (TPSA) is 81.7 Å². The van der Waals surface area contributed by atoms with E-state index in [9.17, 15) is 9.59 Å². The van der Waals surface area contributed by atoms with Crippen molar-refractivity contribution in [3.8, 4) is 0 Å². The Labute approximate surface area is 143 Å². The van der Waals surface area contributed by atoms with Gasteiger partial charge in [0.2, 0.25) is 0 Å². The standard InChI is InChI=1S/C18H27N3O3/c1-5-21(10-16(22)23)15-8-14(9-15)19-18(24)20-17-12(3)6-11(2)7-13(17)4/h6-7,14-15H,5,8-10H2,1-4H3,(H,22,23)(H2,19,20,24). The average molecular weight is 333 g/mol. The number of likely N-dealkylation sites (N-methyl/N-ethyl adjacent to an activating group) is 1. The summed E-state index contributed by atoms with van der Waals surface area (Å²) in [5.74, 6) is -0.809. The van der Waals surface area contributed by atoms with Gasteiger partial charge in [0.25, 0.3) is 0 Å². The minimum absolute atomic E-state index is 0.0574. The molecule has 132 valence electrons. The third-order valence-electron chi connectivity index (χ3n) is 4.62. The van der Waals surface area contributed by atoms with Gasteiger partial charge in [-0.3, -0.25) is 9.69 Å². The van der Waals surface area contributed by atoms with Gasteiger partial charge in [0.1, 0.15) is 0 Å². The number of urea groups is 1. The lowest BCUT2D eigenvalue weighted by Crippen LogP contribution is -2.55. The number of aryl methyl sites for hydroxylation is 3. The van der Waals surface area contributed by atoms with Crippen molar-refractivity contribution in [3.63, 3.8) is 0 Å². The Bertz CT molecular complexity index is 601. The quantitative estimate of drug-likeness (QED) is 0.747. The number of amides is 2. The van der Waals surface area contributed by atoms with Crippen LogP contribution in [0.2, 0.25) is 0 Å². The Balaban J connectivity index is 1.84. The summed E-state index contributed by atoms with van der Waals surface area (Å²) in [7, 11) is 0. The fourth-order valence-electron chi connectivity index (χ4n) is 3.39. The maximum absolute atomic E-state index is 12.2. The Hall–Kier alpha value is -2.08. The molecule has 1 fully saturated rings. The molecule has 1 aromatic carbocycles. The monoisotopic (exact) mass is 333 g/mol. The Morgan fingerprint density at radius 3 is 2.29 bits per heavy atom. The molecule has 0 saturated heterocycles. The van der Waals surface area contributed by atoms with Gasteiger partial charge in [0.05, 0.1) is 6.54 Å². The molecule has 0 aliphatic heterocycles. The molecule has 1 aliphatic carbocycles. The van der Waals surface area contributed by atoms with Crippen molar-refractivity contribution in [3.05, 3.63) is 28.8 Å². The van der Waals surface area contributed by atoms with Crippen LogP contribution in [-0.4, -0.2) is 47.2 Å². The number of rotatable bonds is 6. The van der Waals surface area contributed by atoms with Crippen LogP contribution in [0.1, 0.15) is 36.5 Å². The highest BCUT2D eigenvalue weighted by Crippen LogP contribution is 2.26. The van der Waals surface area contributed by atoms with Crippen LogP contribution >= 0.6 is 0 Å². The third kappa shape index (κ3) is 4.47. The molecule has 0 radical (unpaired) electrons. The number of hydrogen-bond acceptors (Lipinski definition) is 3. The predicted molar refractivity (Wildman–Crippen MR) is 94.5 cm³/mol. The van der Waals surface area contributed by atoms with Crippen LogP contribution < -0.4 is 10.6 Å². The molecule has 6 nitrogen and oxygen atoms in total. The van der Waals surface area contributed by atoms with Crippen LogP contribution in [0.15, 0.2) is 12.1 Å². The van der Waals surface area contributed by atoms with Crippen molar-refractivity contribution in [1.82, 2.24) is 10.2 Å². The Morgan fingerprint density at radius 2 is 1.79 bits per heavy atom. The molecule has 0 unspecified atom stereocenters. The summed E-state index contributed by atoms with van der Waals surface area (Å²) in [5.41, 5.74) is 4.13. The van der Waals surface area contributed by atoms with Crippen LogP contribution in [0.4, 0.5) is 10.5 Å². The van der Waals surface area contributed by atoms with E-state index in [1.807, 2.05) is 44.7 Å². The number of carbonyl (C=O) groups excluding carboxylic acids is 1. The lowest BCUT2D eigenvalue weighted by molar-refractivity contribution is -0.139. The molecular formula is C18H27N3O3. The minimum atomic E-state index is -0.809. The summed E-state index contributed by atoms with van der Waals surface area (Å²) in [4.78, 5) is 25.0. The molecule has 0 bridgehead atoms. The van der Waals surface area contributed by atoms with Gasteiger partial charge in [-0.05, 0) is 51.3 Å². The first-order valence-corrected chi connectivity index (χ1v) is 8.41. The highest BCUT2D eigenvalue weighted by molar-refractivity contribution is 5.91. The number of carboxylic acids is 1. The van der Waals surface area contributed by atoms with Crippen molar-refractivity contribution in [1.29, 1.82) is 0 Å². The number of carbonyl (C=O) groups is 2. The van der Waals surface area contributed by atoms with E-state index in [-0.39, 0.29) is 24.7 Å². The highest BCUT2D eigenvalue weighted by Gasteiger charge is 2.34. The number of carboxylic acid groups (broad SMARTS) is 1. The van der Waals surface area contributed by atoms with Gasteiger partial charge in [-0.2, -0.15) is 0 Å². The molecule has 2 amide bonds. The molecule has 0 heterocycles. The zero-order valence-corrected chi connectivity index (χ0v) is 14.8. The number of benzene rings is 1. The van der Waals surface area contributed by atoms with E-state index in [2.05, 4.69) is 10.6 Å². The Kier molecular flexibility index (Phi) is 5.83. The van der Waals surface area contributed by atoms with Crippen LogP contribution in [0.3, 0.4) is 0 Å². The first-order valence-electron chi connectivity index (χ1n) is 8.41. The largest absolute Gasteiger partial charge is 0.480 e. The molecule has 3 N–H and O–H groups in total. The minimum Gasteiger partial charge on any atom is -0.480 e. The molecule has 0 atom stereocenters. The van der Waals surface area contributed by atoms with Crippen molar-refractivity contribution in [2.75, 3.05) is 18.4 Å². The number of anilines is 1. The molecule has 24 heavy (non-hydrogen) atoms. The summed E-state index contributed by atoms with van der Waals surface area (Å²) >= 11 is 0. The molecule has 0 spiro atoms. The van der Waals surface area contributed by atoms with Crippen LogP contribution in [0.5, 0.6) is 0 Å². The fraction of sp³-hybridized carbons (Fsp3) is 0.556. The van der Waals surface area contributed by atoms with Crippen molar-refractivity contribution < 1.29 is 14.7 Å². The van der Waals surface area contributed by atoms with Crippen LogP contribution in [0, 0.1) is 20.8 Å². The number of nitrogens with zero attached hydrogens (tertiary/aromatic N) is 1. The van der Waals surface area contributed by atoms with Gasteiger partial charge in [-0.15, -0.1) is 0 Å². The fourth-order valence-corrected chi connectivity index (χ4v) is 3.39. The molecule has 6 heteroatoms. The lowest BCUT2D eigenvalue weighted by Gasteiger charge is -2.42. The van der Waals surface area contributed by atoms with Gasteiger partial charge in [-0.25, -0.2) is 4.79 Å². The van der Waals surface area contributed by atoms with Gasteiger partial charge < -0.3 is 15.7 Å². The van der Waals surface area contributed by atoms with Gasteiger partial charge in [0.15, 0.2) is 0 Å².